The number of carbonyl (C=O) groups is 1. The normalized spacial score (nSPS) is 31.3. The van der Waals surface area contributed by atoms with Crippen LogP contribution >= 0.6 is 0 Å². The molecule has 2 rings (SSSR count). The number of nitrogens with one attached hydrogen (secondary N) is 1. The van der Waals surface area contributed by atoms with Crippen molar-refractivity contribution in [3.8, 4) is 0 Å². The van der Waals surface area contributed by atoms with Crippen molar-refractivity contribution in [2.45, 2.75) is 51.7 Å². The molecule has 0 saturated heterocycles. The van der Waals surface area contributed by atoms with Gasteiger partial charge in [0.15, 0.2) is 0 Å². The third-order valence-corrected chi connectivity index (χ3v) is 4.96. The summed E-state index contributed by atoms with van der Waals surface area (Å²) >= 11 is 0. The lowest BCUT2D eigenvalue weighted by Crippen LogP contribution is -2.56. The molecule has 4 nitrogen and oxygen atoms in total. The van der Waals surface area contributed by atoms with Crippen LogP contribution in [-0.4, -0.2) is 28.3 Å². The van der Waals surface area contributed by atoms with Crippen molar-refractivity contribution >= 4 is 5.91 Å². The number of hydrogen-bond donors (Lipinski definition) is 3. The van der Waals surface area contributed by atoms with Crippen LogP contribution in [0.3, 0.4) is 0 Å². The van der Waals surface area contributed by atoms with Crippen LogP contribution in [0, 0.1) is 17.8 Å². The van der Waals surface area contributed by atoms with E-state index in [2.05, 4.69) is 5.32 Å². The molecular formula is C19H29NO3. The zero-order valence-electron chi connectivity index (χ0n) is 15.2. The first-order valence-corrected chi connectivity index (χ1v) is 8.45. The fraction of sp³-hybridized carbons (Fsp3) is 0.632. The lowest BCUT2D eigenvalue weighted by Gasteiger charge is -2.43. The molecule has 4 heteroatoms. The summed E-state index contributed by atoms with van der Waals surface area (Å²) in [5.74, 6) is -0.115. The van der Waals surface area contributed by atoms with Gasteiger partial charge in [-0.2, -0.15) is 0 Å². The maximum Gasteiger partial charge on any atom is 0.252 e. The van der Waals surface area contributed by atoms with E-state index in [-0.39, 0.29) is 24.3 Å². The molecule has 3 N–H and O–H groups in total. The molecule has 1 saturated carbocycles. The van der Waals surface area contributed by atoms with E-state index in [0.29, 0.717) is 12.0 Å². The second-order valence-corrected chi connectivity index (χ2v) is 7.16. The molecule has 0 radical (unpaired) electrons. The van der Waals surface area contributed by atoms with Gasteiger partial charge >= 0.3 is 0 Å². The molecule has 0 spiro atoms. The molecule has 1 fully saturated rings. The van der Waals surface area contributed by atoms with Gasteiger partial charge in [0.2, 0.25) is 0 Å². The van der Waals surface area contributed by atoms with Gasteiger partial charge in [0.25, 0.3) is 5.91 Å². The molecule has 0 aromatic heterocycles. The van der Waals surface area contributed by atoms with Crippen LogP contribution in [-0.2, 0) is 4.79 Å². The highest BCUT2D eigenvalue weighted by atomic mass is 16.3. The van der Waals surface area contributed by atoms with Crippen molar-refractivity contribution in [3.05, 3.63) is 35.9 Å². The third kappa shape index (κ3) is 4.12. The number of amides is 1. The van der Waals surface area contributed by atoms with Crippen LogP contribution in [0.5, 0.6) is 0 Å². The highest BCUT2D eigenvalue weighted by Crippen LogP contribution is 2.41. The first-order valence-electron chi connectivity index (χ1n) is 8.95. The molecule has 0 unspecified atom stereocenters. The summed E-state index contributed by atoms with van der Waals surface area (Å²) in [4.78, 5) is 12.7. The SMILES string of the molecule is [2H][C@](O)(CNC(=O)[C@]1(O)C[C@H](C)CC[C@H]1C(C)C)c1ccccc1. The highest BCUT2D eigenvalue weighted by Gasteiger charge is 2.48. The summed E-state index contributed by atoms with van der Waals surface area (Å²) < 4.78 is 8.07. The van der Waals surface area contributed by atoms with Gasteiger partial charge in [0.1, 0.15) is 5.60 Å². The van der Waals surface area contributed by atoms with Crippen molar-refractivity contribution in [2.75, 3.05) is 6.54 Å². The highest BCUT2D eigenvalue weighted by molar-refractivity contribution is 5.85. The number of hydrogen-bond acceptors (Lipinski definition) is 3. The minimum absolute atomic E-state index is 0.107. The topological polar surface area (TPSA) is 69.6 Å². The van der Waals surface area contributed by atoms with Crippen LogP contribution in [0.1, 0.15) is 53.0 Å². The fourth-order valence-corrected chi connectivity index (χ4v) is 3.68. The number of rotatable bonds is 5. The number of benzene rings is 1. The molecule has 0 heterocycles. The number of carbonyl (C=O) groups excluding carboxylic acids is 1. The summed E-state index contributed by atoms with van der Waals surface area (Å²) in [5, 5.41) is 24.0. The van der Waals surface area contributed by atoms with Crippen LogP contribution < -0.4 is 5.32 Å². The predicted molar refractivity (Wildman–Crippen MR) is 90.7 cm³/mol. The Balaban J connectivity index is 2.09. The molecule has 4 atom stereocenters. The number of aliphatic hydroxyl groups is 2. The lowest BCUT2D eigenvalue weighted by molar-refractivity contribution is -0.156. The summed E-state index contributed by atoms with van der Waals surface area (Å²) in [6.45, 7) is 5.82. The maximum absolute atomic E-state index is 12.7. The van der Waals surface area contributed by atoms with Crippen LogP contribution in [0.2, 0.25) is 0 Å². The van der Waals surface area contributed by atoms with E-state index in [1.807, 2.05) is 20.8 Å². The Hall–Kier alpha value is -1.39. The molecule has 0 aliphatic heterocycles. The van der Waals surface area contributed by atoms with Gasteiger partial charge in [0, 0.05) is 6.54 Å². The summed E-state index contributed by atoms with van der Waals surface area (Å²) in [5.41, 5.74) is -1.02. The van der Waals surface area contributed by atoms with Crippen LogP contribution in [0.15, 0.2) is 30.3 Å². The van der Waals surface area contributed by atoms with Crippen molar-refractivity contribution in [1.29, 1.82) is 0 Å². The first kappa shape index (κ1) is 16.5. The standard InChI is InChI=1S/C19H29NO3/c1-13(2)16-10-9-14(3)11-19(16,23)18(22)20-12-17(21)15-7-5-4-6-8-15/h4-8,13-14,16-17,21,23H,9-12H2,1-3H3,(H,20,22)/t14-,16+,17+,19+/m1/s1/i17D. The van der Waals surface area contributed by atoms with Gasteiger partial charge in [-0.3, -0.25) is 4.79 Å². The van der Waals surface area contributed by atoms with Gasteiger partial charge in [0.05, 0.1) is 7.45 Å². The van der Waals surface area contributed by atoms with Crippen molar-refractivity contribution in [3.63, 3.8) is 0 Å². The lowest BCUT2D eigenvalue weighted by atomic mass is 9.66. The Morgan fingerprint density at radius 3 is 2.65 bits per heavy atom. The molecule has 1 aromatic rings. The Morgan fingerprint density at radius 2 is 2.04 bits per heavy atom. The predicted octanol–water partition coefficient (Wildman–Crippen LogP) is 2.66. The van der Waals surface area contributed by atoms with Crippen molar-refractivity contribution in [1.82, 2.24) is 5.32 Å². The van der Waals surface area contributed by atoms with Crippen molar-refractivity contribution < 1.29 is 16.4 Å². The zero-order valence-corrected chi connectivity index (χ0v) is 14.2. The average Bonchev–Trinajstić information content (AvgIpc) is 2.53. The van der Waals surface area contributed by atoms with Gasteiger partial charge in [-0.05, 0) is 36.2 Å². The summed E-state index contributed by atoms with van der Waals surface area (Å²) in [6.07, 6.45) is 0.321. The molecule has 1 aliphatic rings. The fourth-order valence-electron chi connectivity index (χ4n) is 3.68. The van der Waals surface area contributed by atoms with E-state index in [1.54, 1.807) is 30.3 Å². The Morgan fingerprint density at radius 1 is 1.39 bits per heavy atom. The van der Waals surface area contributed by atoms with E-state index in [9.17, 15) is 15.0 Å². The largest absolute Gasteiger partial charge is 0.387 e. The smallest absolute Gasteiger partial charge is 0.252 e. The Labute approximate surface area is 140 Å². The molecule has 128 valence electrons. The van der Waals surface area contributed by atoms with Gasteiger partial charge in [-0.1, -0.05) is 57.5 Å². The maximum atomic E-state index is 12.7. The monoisotopic (exact) mass is 320 g/mol. The second-order valence-electron chi connectivity index (χ2n) is 7.16. The molecular weight excluding hydrogens is 290 g/mol. The van der Waals surface area contributed by atoms with E-state index >= 15 is 0 Å². The molecule has 1 aromatic carbocycles. The van der Waals surface area contributed by atoms with E-state index < -0.39 is 17.6 Å². The summed E-state index contributed by atoms with van der Waals surface area (Å²) in [6, 6.07) is 8.57. The van der Waals surface area contributed by atoms with Gasteiger partial charge in [-0.25, -0.2) is 0 Å². The quantitative estimate of drug-likeness (QED) is 0.781. The second kappa shape index (κ2) is 7.45. The minimum Gasteiger partial charge on any atom is -0.387 e. The molecule has 23 heavy (non-hydrogen) atoms. The third-order valence-electron chi connectivity index (χ3n) is 4.96. The van der Waals surface area contributed by atoms with Crippen LogP contribution in [0.4, 0.5) is 0 Å². The van der Waals surface area contributed by atoms with Gasteiger partial charge < -0.3 is 15.5 Å². The zero-order chi connectivity index (χ0) is 18.0. The first-order chi connectivity index (χ1) is 11.2. The van der Waals surface area contributed by atoms with Gasteiger partial charge in [-0.15, -0.1) is 0 Å². The van der Waals surface area contributed by atoms with E-state index in [1.165, 1.54) is 0 Å². The molecule has 1 aliphatic carbocycles. The van der Waals surface area contributed by atoms with Crippen LogP contribution in [0.25, 0.3) is 0 Å². The van der Waals surface area contributed by atoms with E-state index in [4.69, 9.17) is 1.37 Å². The minimum atomic E-state index is -1.92. The average molecular weight is 320 g/mol. The van der Waals surface area contributed by atoms with E-state index in [0.717, 1.165) is 12.8 Å². The molecule has 0 bridgehead atoms. The van der Waals surface area contributed by atoms with Crippen molar-refractivity contribution in [2.24, 2.45) is 17.8 Å². The Bertz CT molecular complexity index is 561. The summed E-state index contributed by atoms with van der Waals surface area (Å²) in [7, 11) is 0. The molecule has 1 amide bonds. The Kier molecular flexibility index (Phi) is 5.34.